The SMILES string of the molecule is Cc1cccc(NC(=O)CSCC(=O)Nc2ccc(C(=O)c3nccn3C)cc2)c1. The van der Waals surface area contributed by atoms with E-state index in [9.17, 15) is 14.4 Å². The Hall–Kier alpha value is -3.39. The maximum absolute atomic E-state index is 12.4. The van der Waals surface area contributed by atoms with Gasteiger partial charge in [-0.3, -0.25) is 14.4 Å². The maximum Gasteiger partial charge on any atom is 0.234 e. The van der Waals surface area contributed by atoms with Crippen molar-refractivity contribution < 1.29 is 14.4 Å². The highest BCUT2D eigenvalue weighted by atomic mass is 32.2. The van der Waals surface area contributed by atoms with Crippen LogP contribution in [0, 0.1) is 6.92 Å². The number of thioether (sulfide) groups is 1. The Morgan fingerprint density at radius 2 is 1.63 bits per heavy atom. The summed E-state index contributed by atoms with van der Waals surface area (Å²) in [4.78, 5) is 40.5. The van der Waals surface area contributed by atoms with E-state index < -0.39 is 0 Å². The molecule has 2 amide bonds. The summed E-state index contributed by atoms with van der Waals surface area (Å²) >= 11 is 1.23. The number of anilines is 2. The minimum atomic E-state index is -0.216. The average molecular weight is 423 g/mol. The predicted molar refractivity (Wildman–Crippen MR) is 119 cm³/mol. The average Bonchev–Trinajstić information content (AvgIpc) is 3.14. The summed E-state index contributed by atoms with van der Waals surface area (Å²) in [6.45, 7) is 1.95. The zero-order chi connectivity index (χ0) is 21.5. The molecule has 0 aliphatic heterocycles. The Kier molecular flexibility index (Phi) is 7.03. The molecule has 0 aliphatic rings. The van der Waals surface area contributed by atoms with Crippen LogP contribution in [0.3, 0.4) is 0 Å². The molecule has 0 spiro atoms. The lowest BCUT2D eigenvalue weighted by Gasteiger charge is -2.07. The summed E-state index contributed by atoms with van der Waals surface area (Å²) in [5.41, 5.74) is 2.88. The molecule has 8 heteroatoms. The molecule has 0 radical (unpaired) electrons. The van der Waals surface area contributed by atoms with Gasteiger partial charge in [-0.05, 0) is 48.9 Å². The van der Waals surface area contributed by atoms with Crippen molar-refractivity contribution in [2.75, 3.05) is 22.1 Å². The minimum absolute atomic E-state index is 0.148. The van der Waals surface area contributed by atoms with E-state index in [1.165, 1.54) is 11.8 Å². The highest BCUT2D eigenvalue weighted by molar-refractivity contribution is 8.00. The van der Waals surface area contributed by atoms with Gasteiger partial charge >= 0.3 is 0 Å². The fourth-order valence-corrected chi connectivity index (χ4v) is 3.39. The molecule has 1 aromatic heterocycles. The molecular weight excluding hydrogens is 400 g/mol. The van der Waals surface area contributed by atoms with Gasteiger partial charge in [-0.15, -0.1) is 11.8 Å². The van der Waals surface area contributed by atoms with E-state index in [-0.39, 0.29) is 29.1 Å². The molecule has 0 atom stereocenters. The monoisotopic (exact) mass is 422 g/mol. The van der Waals surface area contributed by atoms with Gasteiger partial charge in [0.2, 0.25) is 17.6 Å². The smallest absolute Gasteiger partial charge is 0.234 e. The summed E-state index contributed by atoms with van der Waals surface area (Å²) in [7, 11) is 1.76. The lowest BCUT2D eigenvalue weighted by Crippen LogP contribution is -2.18. The molecule has 154 valence electrons. The van der Waals surface area contributed by atoms with E-state index in [0.717, 1.165) is 11.3 Å². The van der Waals surface area contributed by atoms with E-state index >= 15 is 0 Å². The molecule has 2 N–H and O–H groups in total. The summed E-state index contributed by atoms with van der Waals surface area (Å²) in [5.74, 6) is 0.123. The second-order valence-corrected chi connectivity index (χ2v) is 7.71. The van der Waals surface area contributed by atoms with E-state index in [1.54, 1.807) is 48.3 Å². The van der Waals surface area contributed by atoms with Crippen LogP contribution in [-0.4, -0.2) is 38.7 Å². The number of nitrogens with zero attached hydrogens (tertiary/aromatic N) is 2. The molecule has 30 heavy (non-hydrogen) atoms. The lowest BCUT2D eigenvalue weighted by atomic mass is 10.1. The van der Waals surface area contributed by atoms with E-state index in [2.05, 4.69) is 15.6 Å². The second-order valence-electron chi connectivity index (χ2n) is 6.73. The van der Waals surface area contributed by atoms with Crippen molar-refractivity contribution >= 4 is 40.7 Å². The van der Waals surface area contributed by atoms with E-state index in [0.29, 0.717) is 17.1 Å². The van der Waals surface area contributed by atoms with Gasteiger partial charge < -0.3 is 15.2 Å². The summed E-state index contributed by atoms with van der Waals surface area (Å²) in [6.07, 6.45) is 3.28. The number of hydrogen-bond acceptors (Lipinski definition) is 5. The quantitative estimate of drug-likeness (QED) is 0.544. The third-order valence-electron chi connectivity index (χ3n) is 4.22. The number of hydrogen-bond donors (Lipinski definition) is 2. The van der Waals surface area contributed by atoms with E-state index in [1.807, 2.05) is 31.2 Å². The van der Waals surface area contributed by atoms with Crippen molar-refractivity contribution in [3.63, 3.8) is 0 Å². The number of rotatable bonds is 8. The molecule has 0 aliphatic carbocycles. The van der Waals surface area contributed by atoms with Gasteiger partial charge in [0.15, 0.2) is 5.82 Å². The van der Waals surface area contributed by atoms with Gasteiger partial charge in [0.1, 0.15) is 0 Å². The van der Waals surface area contributed by atoms with Crippen molar-refractivity contribution in [3.8, 4) is 0 Å². The largest absolute Gasteiger partial charge is 0.331 e. The first-order valence-electron chi connectivity index (χ1n) is 9.28. The third-order valence-corrected chi connectivity index (χ3v) is 5.16. The molecule has 2 aromatic carbocycles. The molecule has 0 saturated carbocycles. The summed E-state index contributed by atoms with van der Waals surface area (Å²) in [5, 5.41) is 5.57. The van der Waals surface area contributed by atoms with Gasteiger partial charge in [0.05, 0.1) is 11.5 Å². The van der Waals surface area contributed by atoms with Gasteiger partial charge in [-0.1, -0.05) is 12.1 Å². The zero-order valence-corrected chi connectivity index (χ0v) is 17.5. The Labute approximate surface area is 178 Å². The number of amides is 2. The summed E-state index contributed by atoms with van der Waals surface area (Å²) in [6, 6.07) is 14.2. The topological polar surface area (TPSA) is 93.1 Å². The lowest BCUT2D eigenvalue weighted by molar-refractivity contribution is -0.114. The molecular formula is C22H22N4O3S. The first-order valence-corrected chi connectivity index (χ1v) is 10.4. The number of ketones is 1. The molecule has 0 bridgehead atoms. The van der Waals surface area contributed by atoms with Gasteiger partial charge in [0.25, 0.3) is 0 Å². The van der Waals surface area contributed by atoms with Crippen LogP contribution >= 0.6 is 11.8 Å². The standard InChI is InChI=1S/C22H22N4O3S/c1-15-4-3-5-18(12-15)25-20(28)14-30-13-19(27)24-17-8-6-16(7-9-17)21(29)22-23-10-11-26(22)2/h3-12H,13-14H2,1-2H3,(H,24,27)(H,25,28). The maximum atomic E-state index is 12.4. The van der Waals surface area contributed by atoms with Crippen LogP contribution in [0.15, 0.2) is 60.9 Å². The first-order chi connectivity index (χ1) is 14.4. The molecule has 1 heterocycles. The highest BCUT2D eigenvalue weighted by Crippen LogP contribution is 2.14. The van der Waals surface area contributed by atoms with Gasteiger partial charge in [-0.25, -0.2) is 4.98 Å². The predicted octanol–water partition coefficient (Wildman–Crippen LogP) is 3.27. The zero-order valence-electron chi connectivity index (χ0n) is 16.7. The van der Waals surface area contributed by atoms with E-state index in [4.69, 9.17) is 0 Å². The van der Waals surface area contributed by atoms with Crippen LogP contribution in [0.4, 0.5) is 11.4 Å². The van der Waals surface area contributed by atoms with Crippen LogP contribution in [0.1, 0.15) is 21.7 Å². The number of aromatic nitrogens is 2. The van der Waals surface area contributed by atoms with Crippen LogP contribution in [0.5, 0.6) is 0 Å². The number of nitrogens with one attached hydrogen (secondary N) is 2. The van der Waals surface area contributed by atoms with Crippen molar-refractivity contribution in [1.29, 1.82) is 0 Å². The summed E-state index contributed by atoms with van der Waals surface area (Å²) < 4.78 is 1.66. The Morgan fingerprint density at radius 3 is 2.23 bits per heavy atom. The molecule has 0 unspecified atom stereocenters. The third kappa shape index (κ3) is 5.81. The fraction of sp³-hybridized carbons (Fsp3) is 0.182. The highest BCUT2D eigenvalue weighted by Gasteiger charge is 2.14. The molecule has 7 nitrogen and oxygen atoms in total. The number of imidazole rings is 1. The molecule has 0 fully saturated rings. The van der Waals surface area contributed by atoms with Crippen LogP contribution in [0.25, 0.3) is 0 Å². The minimum Gasteiger partial charge on any atom is -0.331 e. The van der Waals surface area contributed by atoms with Crippen molar-refractivity contribution in [2.45, 2.75) is 6.92 Å². The van der Waals surface area contributed by atoms with Crippen molar-refractivity contribution in [2.24, 2.45) is 7.05 Å². The van der Waals surface area contributed by atoms with Crippen molar-refractivity contribution in [1.82, 2.24) is 9.55 Å². The Morgan fingerprint density at radius 1 is 0.967 bits per heavy atom. The van der Waals surface area contributed by atoms with Gasteiger partial charge in [0, 0.05) is 36.4 Å². The number of benzene rings is 2. The van der Waals surface area contributed by atoms with Crippen LogP contribution in [-0.2, 0) is 16.6 Å². The number of carbonyl (C=O) groups excluding carboxylic acids is 3. The Bertz CT molecular complexity index is 1060. The van der Waals surface area contributed by atoms with Crippen LogP contribution < -0.4 is 10.6 Å². The normalized spacial score (nSPS) is 10.5. The van der Waals surface area contributed by atoms with Crippen molar-refractivity contribution in [3.05, 3.63) is 77.9 Å². The molecule has 0 saturated heterocycles. The molecule has 3 aromatic rings. The molecule has 3 rings (SSSR count). The second kappa shape index (κ2) is 9.89. The number of carbonyl (C=O) groups is 3. The fourth-order valence-electron chi connectivity index (χ4n) is 2.77. The number of aryl methyl sites for hydroxylation is 2. The first kappa shape index (κ1) is 21.3. The van der Waals surface area contributed by atoms with Gasteiger partial charge in [-0.2, -0.15) is 0 Å². The van der Waals surface area contributed by atoms with Crippen LogP contribution in [0.2, 0.25) is 0 Å². The Balaban J connectivity index is 1.44.